The molecule has 0 amide bonds. The third-order valence-corrected chi connectivity index (χ3v) is 4.69. The van der Waals surface area contributed by atoms with Crippen molar-refractivity contribution in [3.63, 3.8) is 0 Å². The number of carboxylic acids is 1. The first kappa shape index (κ1) is 14.7. The van der Waals surface area contributed by atoms with Gasteiger partial charge in [0.1, 0.15) is 5.82 Å². The van der Waals surface area contributed by atoms with Crippen molar-refractivity contribution in [1.82, 2.24) is 14.5 Å². The van der Waals surface area contributed by atoms with Gasteiger partial charge in [0.2, 0.25) is 0 Å². The van der Waals surface area contributed by atoms with Gasteiger partial charge in [0.25, 0.3) is 0 Å². The molecule has 0 aliphatic carbocycles. The Morgan fingerprint density at radius 1 is 1.25 bits per heavy atom. The van der Waals surface area contributed by atoms with Crippen molar-refractivity contribution < 1.29 is 9.90 Å². The molecular weight excluding hydrogens is 304 g/mol. The zero-order chi connectivity index (χ0) is 16.7. The fraction of sp³-hybridized carbons (Fsp3) is 0.278. The Bertz CT molecular complexity index is 901. The molecule has 1 fully saturated rings. The summed E-state index contributed by atoms with van der Waals surface area (Å²) in [5, 5.41) is 10.2. The third kappa shape index (κ3) is 2.31. The third-order valence-electron chi connectivity index (χ3n) is 4.69. The molecule has 0 radical (unpaired) electrons. The number of carboxylic acid groups (broad SMARTS) is 1. The summed E-state index contributed by atoms with van der Waals surface area (Å²) in [6.07, 6.45) is 7.21. The van der Waals surface area contributed by atoms with Crippen LogP contribution in [0.3, 0.4) is 0 Å². The van der Waals surface area contributed by atoms with Gasteiger partial charge in [-0.3, -0.25) is 0 Å². The molecular formula is C18H18N4O2. The predicted molar refractivity (Wildman–Crippen MR) is 91.2 cm³/mol. The number of nitrogens with zero attached hydrogens (tertiary/aromatic N) is 4. The van der Waals surface area contributed by atoms with Crippen LogP contribution in [0, 0.1) is 0 Å². The molecule has 1 aromatic carbocycles. The van der Waals surface area contributed by atoms with Crippen LogP contribution in [0.15, 0.2) is 42.9 Å². The van der Waals surface area contributed by atoms with Gasteiger partial charge in [0, 0.05) is 36.3 Å². The van der Waals surface area contributed by atoms with Crippen LogP contribution in [0.1, 0.15) is 34.9 Å². The van der Waals surface area contributed by atoms with Crippen molar-refractivity contribution in [1.29, 1.82) is 0 Å². The monoisotopic (exact) mass is 322 g/mol. The maximum absolute atomic E-state index is 10.9. The SMILES string of the molecule is Cn1cc(C2CCCN2c2cnc(C(=O)O)cn2)c2ccccc21. The number of hydrogen-bond acceptors (Lipinski definition) is 4. The summed E-state index contributed by atoms with van der Waals surface area (Å²) in [6, 6.07) is 8.63. The summed E-state index contributed by atoms with van der Waals surface area (Å²) < 4.78 is 2.15. The molecule has 2 aromatic heterocycles. The second-order valence-electron chi connectivity index (χ2n) is 6.13. The minimum Gasteiger partial charge on any atom is -0.476 e. The highest BCUT2D eigenvalue weighted by Gasteiger charge is 2.29. The van der Waals surface area contributed by atoms with Gasteiger partial charge in [0.05, 0.1) is 18.4 Å². The second kappa shape index (κ2) is 5.63. The Morgan fingerprint density at radius 3 is 2.83 bits per heavy atom. The molecule has 1 aliphatic rings. The predicted octanol–water partition coefficient (Wildman–Crippen LogP) is 3.01. The van der Waals surface area contributed by atoms with Crippen molar-refractivity contribution in [2.75, 3.05) is 11.4 Å². The van der Waals surface area contributed by atoms with E-state index in [0.717, 1.165) is 25.2 Å². The number of fused-ring (bicyclic) bond motifs is 1. The fourth-order valence-electron chi connectivity index (χ4n) is 3.58. The van der Waals surface area contributed by atoms with E-state index >= 15 is 0 Å². The standard InChI is InChI=1S/C18H18N4O2/c1-21-11-13(12-5-2-3-6-15(12)21)16-7-4-8-22(16)17-10-19-14(9-20-17)18(23)24/h2-3,5-6,9-11,16H,4,7-8H2,1H3,(H,23,24). The Hall–Kier alpha value is -2.89. The van der Waals surface area contributed by atoms with Gasteiger partial charge in [-0.15, -0.1) is 0 Å². The summed E-state index contributed by atoms with van der Waals surface area (Å²) in [7, 11) is 2.06. The van der Waals surface area contributed by atoms with Crippen LogP contribution in [-0.2, 0) is 7.05 Å². The Morgan fingerprint density at radius 2 is 2.08 bits per heavy atom. The van der Waals surface area contributed by atoms with Gasteiger partial charge in [-0.2, -0.15) is 0 Å². The van der Waals surface area contributed by atoms with Crippen molar-refractivity contribution >= 4 is 22.7 Å². The maximum Gasteiger partial charge on any atom is 0.356 e. The van der Waals surface area contributed by atoms with E-state index in [-0.39, 0.29) is 11.7 Å². The second-order valence-corrected chi connectivity index (χ2v) is 6.13. The quantitative estimate of drug-likeness (QED) is 0.802. The highest BCUT2D eigenvalue weighted by molar-refractivity contribution is 5.85. The molecule has 0 bridgehead atoms. The van der Waals surface area contributed by atoms with E-state index in [4.69, 9.17) is 5.11 Å². The number of para-hydroxylation sites is 1. The molecule has 24 heavy (non-hydrogen) atoms. The van der Waals surface area contributed by atoms with Crippen LogP contribution in [0.4, 0.5) is 5.82 Å². The smallest absolute Gasteiger partial charge is 0.356 e. The molecule has 122 valence electrons. The summed E-state index contributed by atoms with van der Waals surface area (Å²) in [5.74, 6) is -0.323. The topological polar surface area (TPSA) is 71.2 Å². The number of anilines is 1. The average molecular weight is 322 g/mol. The molecule has 1 saturated heterocycles. The Labute approximate surface area is 139 Å². The number of aryl methyl sites for hydroxylation is 1. The lowest BCUT2D eigenvalue weighted by molar-refractivity contribution is 0.0690. The van der Waals surface area contributed by atoms with Gasteiger partial charge in [0.15, 0.2) is 5.69 Å². The van der Waals surface area contributed by atoms with Crippen LogP contribution in [0.2, 0.25) is 0 Å². The van der Waals surface area contributed by atoms with Crippen LogP contribution in [0.5, 0.6) is 0 Å². The van der Waals surface area contributed by atoms with Crippen LogP contribution < -0.4 is 4.90 Å². The molecule has 3 aromatic rings. The molecule has 0 spiro atoms. The summed E-state index contributed by atoms with van der Waals surface area (Å²) in [5.41, 5.74) is 2.47. The summed E-state index contributed by atoms with van der Waals surface area (Å²) >= 11 is 0. The van der Waals surface area contributed by atoms with E-state index in [1.165, 1.54) is 22.7 Å². The molecule has 1 N–H and O–H groups in total. The van der Waals surface area contributed by atoms with Gasteiger partial charge in [-0.25, -0.2) is 14.8 Å². The van der Waals surface area contributed by atoms with Crippen molar-refractivity contribution in [3.8, 4) is 0 Å². The van der Waals surface area contributed by atoms with E-state index in [9.17, 15) is 4.79 Å². The number of aromatic nitrogens is 3. The molecule has 1 atom stereocenters. The summed E-state index contributed by atoms with van der Waals surface area (Å²) in [4.78, 5) is 21.5. The first-order valence-electron chi connectivity index (χ1n) is 8.01. The van der Waals surface area contributed by atoms with Gasteiger partial charge in [-0.05, 0) is 18.9 Å². The average Bonchev–Trinajstić information content (AvgIpc) is 3.20. The molecule has 1 aliphatic heterocycles. The van der Waals surface area contributed by atoms with E-state index in [1.54, 1.807) is 6.20 Å². The first-order chi connectivity index (χ1) is 11.6. The van der Waals surface area contributed by atoms with Crippen molar-refractivity contribution in [3.05, 3.63) is 54.1 Å². The molecule has 6 heteroatoms. The largest absolute Gasteiger partial charge is 0.476 e. The molecule has 3 heterocycles. The molecule has 1 unspecified atom stereocenters. The van der Waals surface area contributed by atoms with Crippen molar-refractivity contribution in [2.45, 2.75) is 18.9 Å². The number of hydrogen-bond donors (Lipinski definition) is 1. The van der Waals surface area contributed by atoms with Gasteiger partial charge in [-0.1, -0.05) is 18.2 Å². The zero-order valence-electron chi connectivity index (χ0n) is 13.4. The van der Waals surface area contributed by atoms with E-state index in [2.05, 4.69) is 56.9 Å². The normalized spacial score (nSPS) is 17.5. The summed E-state index contributed by atoms with van der Waals surface area (Å²) in [6.45, 7) is 0.898. The minimum absolute atomic E-state index is 0.0281. The van der Waals surface area contributed by atoms with Crippen LogP contribution in [0.25, 0.3) is 10.9 Å². The van der Waals surface area contributed by atoms with Crippen molar-refractivity contribution in [2.24, 2.45) is 7.05 Å². The molecule has 6 nitrogen and oxygen atoms in total. The lowest BCUT2D eigenvalue weighted by Crippen LogP contribution is -2.24. The fourth-order valence-corrected chi connectivity index (χ4v) is 3.58. The van der Waals surface area contributed by atoms with Crippen LogP contribution >= 0.6 is 0 Å². The number of benzene rings is 1. The van der Waals surface area contributed by atoms with E-state index in [0.29, 0.717) is 0 Å². The number of carbonyl (C=O) groups is 1. The molecule has 0 saturated carbocycles. The van der Waals surface area contributed by atoms with Gasteiger partial charge >= 0.3 is 5.97 Å². The van der Waals surface area contributed by atoms with Gasteiger partial charge < -0.3 is 14.6 Å². The number of aromatic carboxylic acids is 1. The van der Waals surface area contributed by atoms with E-state index < -0.39 is 5.97 Å². The lowest BCUT2D eigenvalue weighted by atomic mass is 10.0. The highest BCUT2D eigenvalue weighted by Crippen LogP contribution is 2.38. The first-order valence-corrected chi connectivity index (χ1v) is 8.01. The zero-order valence-corrected chi connectivity index (χ0v) is 13.4. The maximum atomic E-state index is 10.9. The number of rotatable bonds is 3. The highest BCUT2D eigenvalue weighted by atomic mass is 16.4. The lowest BCUT2D eigenvalue weighted by Gasteiger charge is -2.25. The Kier molecular flexibility index (Phi) is 3.45. The Balaban J connectivity index is 1.73. The minimum atomic E-state index is -1.05. The van der Waals surface area contributed by atoms with E-state index in [1.807, 2.05) is 0 Å². The van der Waals surface area contributed by atoms with Crippen LogP contribution in [-0.4, -0.2) is 32.2 Å². The molecule has 4 rings (SSSR count).